The van der Waals surface area contributed by atoms with Crippen LogP contribution in [-0.2, 0) is 13.0 Å². The first-order valence-corrected chi connectivity index (χ1v) is 6.90. The molecule has 0 saturated carbocycles. The molecule has 0 radical (unpaired) electrons. The summed E-state index contributed by atoms with van der Waals surface area (Å²) in [5, 5.41) is 2.07. The van der Waals surface area contributed by atoms with E-state index in [0.29, 0.717) is 6.61 Å². The summed E-state index contributed by atoms with van der Waals surface area (Å²) >= 11 is 5.14. The van der Waals surface area contributed by atoms with Crippen LogP contribution >= 0.6 is 27.3 Å². The average molecular weight is 297 g/mol. The topological polar surface area (TPSA) is 9.23 Å². The predicted molar refractivity (Wildman–Crippen MR) is 72.2 cm³/mol. The zero-order valence-electron chi connectivity index (χ0n) is 9.07. The van der Waals surface area contributed by atoms with Crippen LogP contribution in [0.4, 0.5) is 0 Å². The van der Waals surface area contributed by atoms with Gasteiger partial charge in [-0.15, -0.1) is 11.3 Å². The maximum absolute atomic E-state index is 5.74. The Hall–Kier alpha value is -0.800. The summed E-state index contributed by atoms with van der Waals surface area (Å²) in [6, 6.07) is 10.4. The number of halogens is 1. The standard InChI is InChI=1S/C13H13BrOS/c1-2-10-4-3-5-12(6-10)15-8-13-7-11(14)9-16-13/h3-7,9H,2,8H2,1H3. The van der Waals surface area contributed by atoms with E-state index in [1.807, 2.05) is 12.1 Å². The molecule has 0 aliphatic rings. The van der Waals surface area contributed by atoms with Crippen LogP contribution in [0, 0.1) is 0 Å². The monoisotopic (exact) mass is 296 g/mol. The van der Waals surface area contributed by atoms with Crippen LogP contribution in [0.15, 0.2) is 40.2 Å². The van der Waals surface area contributed by atoms with E-state index in [0.717, 1.165) is 16.6 Å². The molecule has 1 heterocycles. The van der Waals surface area contributed by atoms with Crippen LogP contribution in [0.2, 0.25) is 0 Å². The molecule has 0 saturated heterocycles. The second kappa shape index (κ2) is 5.51. The lowest BCUT2D eigenvalue weighted by molar-refractivity contribution is 0.309. The first-order chi connectivity index (χ1) is 7.78. The van der Waals surface area contributed by atoms with Crippen molar-refractivity contribution in [2.24, 2.45) is 0 Å². The van der Waals surface area contributed by atoms with Gasteiger partial charge in [0.05, 0.1) is 0 Å². The lowest BCUT2D eigenvalue weighted by Crippen LogP contribution is -1.93. The Balaban J connectivity index is 1.99. The first-order valence-electron chi connectivity index (χ1n) is 5.22. The van der Waals surface area contributed by atoms with Gasteiger partial charge in [-0.1, -0.05) is 19.1 Å². The highest BCUT2D eigenvalue weighted by molar-refractivity contribution is 9.10. The van der Waals surface area contributed by atoms with E-state index < -0.39 is 0 Å². The Kier molecular flexibility index (Phi) is 4.02. The van der Waals surface area contributed by atoms with Gasteiger partial charge >= 0.3 is 0 Å². The van der Waals surface area contributed by atoms with E-state index >= 15 is 0 Å². The Morgan fingerprint density at radius 3 is 2.88 bits per heavy atom. The number of hydrogen-bond acceptors (Lipinski definition) is 2. The third-order valence-electron chi connectivity index (χ3n) is 2.31. The molecule has 0 amide bonds. The minimum Gasteiger partial charge on any atom is -0.488 e. The molecule has 2 aromatic rings. The molecule has 0 fully saturated rings. The van der Waals surface area contributed by atoms with Gasteiger partial charge in [0, 0.05) is 14.7 Å². The number of hydrogen-bond donors (Lipinski definition) is 0. The minimum atomic E-state index is 0.642. The summed E-state index contributed by atoms with van der Waals surface area (Å²) in [7, 11) is 0. The van der Waals surface area contributed by atoms with Gasteiger partial charge in [0.25, 0.3) is 0 Å². The van der Waals surface area contributed by atoms with E-state index in [9.17, 15) is 0 Å². The molecule has 0 aliphatic carbocycles. The second-order valence-electron chi connectivity index (χ2n) is 3.52. The van der Waals surface area contributed by atoms with Crippen LogP contribution in [0.1, 0.15) is 17.4 Å². The number of ether oxygens (including phenoxy) is 1. The molecule has 1 aromatic carbocycles. The zero-order valence-corrected chi connectivity index (χ0v) is 11.5. The molecule has 1 nitrogen and oxygen atoms in total. The smallest absolute Gasteiger partial charge is 0.122 e. The molecular weight excluding hydrogens is 284 g/mol. The molecule has 0 unspecified atom stereocenters. The fourth-order valence-corrected chi connectivity index (χ4v) is 2.80. The normalized spacial score (nSPS) is 10.4. The quantitative estimate of drug-likeness (QED) is 0.798. The van der Waals surface area contributed by atoms with Crippen molar-refractivity contribution < 1.29 is 4.74 Å². The molecule has 0 N–H and O–H groups in total. The Morgan fingerprint density at radius 2 is 2.19 bits per heavy atom. The lowest BCUT2D eigenvalue weighted by Gasteiger charge is -2.05. The molecule has 84 valence electrons. The van der Waals surface area contributed by atoms with Crippen molar-refractivity contribution in [2.75, 3.05) is 0 Å². The van der Waals surface area contributed by atoms with Crippen molar-refractivity contribution in [3.8, 4) is 5.75 Å². The van der Waals surface area contributed by atoms with E-state index in [1.165, 1.54) is 10.4 Å². The summed E-state index contributed by atoms with van der Waals surface area (Å²) < 4.78 is 6.86. The maximum atomic E-state index is 5.74. The molecule has 2 rings (SSSR count). The van der Waals surface area contributed by atoms with Gasteiger partial charge in [-0.3, -0.25) is 0 Å². The Bertz CT molecular complexity index is 464. The van der Waals surface area contributed by atoms with Crippen molar-refractivity contribution in [2.45, 2.75) is 20.0 Å². The van der Waals surface area contributed by atoms with Gasteiger partial charge in [0.2, 0.25) is 0 Å². The van der Waals surface area contributed by atoms with Gasteiger partial charge in [-0.2, -0.15) is 0 Å². The molecule has 16 heavy (non-hydrogen) atoms. The van der Waals surface area contributed by atoms with Gasteiger partial charge in [0.1, 0.15) is 12.4 Å². The second-order valence-corrected chi connectivity index (χ2v) is 5.43. The number of rotatable bonds is 4. The molecule has 0 bridgehead atoms. The highest BCUT2D eigenvalue weighted by atomic mass is 79.9. The van der Waals surface area contributed by atoms with Gasteiger partial charge in [0.15, 0.2) is 0 Å². The Morgan fingerprint density at radius 1 is 1.31 bits per heavy atom. The molecular formula is C13H13BrOS. The summed E-state index contributed by atoms with van der Waals surface area (Å²) in [6.45, 7) is 2.79. The average Bonchev–Trinajstić information content (AvgIpc) is 2.73. The van der Waals surface area contributed by atoms with Gasteiger partial charge in [-0.25, -0.2) is 0 Å². The van der Waals surface area contributed by atoms with Crippen LogP contribution in [0.5, 0.6) is 5.75 Å². The maximum Gasteiger partial charge on any atom is 0.122 e. The van der Waals surface area contributed by atoms with E-state index in [1.54, 1.807) is 11.3 Å². The molecule has 1 aromatic heterocycles. The number of thiophene rings is 1. The zero-order chi connectivity index (χ0) is 11.4. The van der Waals surface area contributed by atoms with Crippen LogP contribution in [-0.4, -0.2) is 0 Å². The summed E-state index contributed by atoms with van der Waals surface area (Å²) in [5.41, 5.74) is 1.31. The van der Waals surface area contributed by atoms with Crippen LogP contribution in [0.3, 0.4) is 0 Å². The van der Waals surface area contributed by atoms with Crippen molar-refractivity contribution in [3.63, 3.8) is 0 Å². The van der Waals surface area contributed by atoms with Gasteiger partial charge in [-0.05, 0) is 46.1 Å². The van der Waals surface area contributed by atoms with Crippen LogP contribution < -0.4 is 4.74 Å². The highest BCUT2D eigenvalue weighted by Crippen LogP contribution is 2.22. The SMILES string of the molecule is CCc1cccc(OCc2cc(Br)cs2)c1. The first kappa shape index (κ1) is 11.7. The lowest BCUT2D eigenvalue weighted by atomic mass is 10.2. The largest absolute Gasteiger partial charge is 0.488 e. The van der Waals surface area contributed by atoms with E-state index in [4.69, 9.17) is 4.74 Å². The predicted octanol–water partition coefficient (Wildman–Crippen LogP) is 4.65. The highest BCUT2D eigenvalue weighted by Gasteiger charge is 1.99. The molecule has 0 aliphatic heterocycles. The summed E-state index contributed by atoms with van der Waals surface area (Å²) in [4.78, 5) is 1.23. The summed E-state index contributed by atoms with van der Waals surface area (Å²) in [6.07, 6.45) is 1.04. The van der Waals surface area contributed by atoms with E-state index in [-0.39, 0.29) is 0 Å². The van der Waals surface area contributed by atoms with Crippen molar-refractivity contribution in [1.29, 1.82) is 0 Å². The van der Waals surface area contributed by atoms with E-state index in [2.05, 4.69) is 46.4 Å². The molecule has 0 atom stereocenters. The van der Waals surface area contributed by atoms with Crippen molar-refractivity contribution >= 4 is 27.3 Å². The fourth-order valence-electron chi connectivity index (χ4n) is 1.44. The molecule has 0 spiro atoms. The minimum absolute atomic E-state index is 0.642. The van der Waals surface area contributed by atoms with Crippen LogP contribution in [0.25, 0.3) is 0 Å². The molecule has 3 heteroatoms. The van der Waals surface area contributed by atoms with Crippen molar-refractivity contribution in [1.82, 2.24) is 0 Å². The number of benzene rings is 1. The van der Waals surface area contributed by atoms with Crippen molar-refractivity contribution in [3.05, 3.63) is 50.6 Å². The third kappa shape index (κ3) is 3.09. The fraction of sp³-hybridized carbons (Fsp3) is 0.231. The van der Waals surface area contributed by atoms with Gasteiger partial charge < -0.3 is 4.74 Å². The Labute approximate surface area is 108 Å². The number of aryl methyl sites for hydroxylation is 1. The third-order valence-corrected chi connectivity index (χ3v) is 3.98. The summed E-state index contributed by atoms with van der Waals surface area (Å²) in [5.74, 6) is 0.948.